The smallest absolute Gasteiger partial charge is 0.269 e. The molecule has 4 aromatic heterocycles. The van der Waals surface area contributed by atoms with Crippen LogP contribution < -0.4 is 15.8 Å². The number of aromatic nitrogens is 7. The minimum Gasteiger partial charge on any atom is -0.493 e. The fourth-order valence-corrected chi connectivity index (χ4v) is 5.03. The largest absolute Gasteiger partial charge is 0.493 e. The second-order valence-electron chi connectivity index (χ2n) is 9.36. The van der Waals surface area contributed by atoms with Crippen LogP contribution in [0.3, 0.4) is 0 Å². The number of nitrogens with two attached hydrogens (primary N) is 1. The Morgan fingerprint density at radius 1 is 1.22 bits per heavy atom. The Hall–Kier alpha value is -4.55. The van der Waals surface area contributed by atoms with Crippen molar-refractivity contribution < 1.29 is 14.6 Å². The number of nitrogen functional groups attached to an aromatic ring is 1. The summed E-state index contributed by atoms with van der Waals surface area (Å²) >= 11 is 6.81. The topological polar surface area (TPSA) is 159 Å². The summed E-state index contributed by atoms with van der Waals surface area (Å²) in [5.41, 5.74) is 11.6. The molecule has 5 rings (SSSR count). The lowest BCUT2D eigenvalue weighted by atomic mass is 9.94. The summed E-state index contributed by atoms with van der Waals surface area (Å²) in [6, 6.07) is 4.97. The zero-order chi connectivity index (χ0) is 29.3. The van der Waals surface area contributed by atoms with E-state index in [0.717, 1.165) is 22.3 Å². The van der Waals surface area contributed by atoms with E-state index in [-0.39, 0.29) is 18.3 Å². The lowest BCUT2D eigenvalue weighted by Crippen LogP contribution is -2.19. The summed E-state index contributed by atoms with van der Waals surface area (Å²) < 4.78 is 9.66. The van der Waals surface area contributed by atoms with Crippen molar-refractivity contribution in [3.05, 3.63) is 65.0 Å². The molecule has 0 fully saturated rings. The predicted molar refractivity (Wildman–Crippen MR) is 156 cm³/mol. The maximum absolute atomic E-state index is 12.1. The second kappa shape index (κ2) is 11.5. The summed E-state index contributed by atoms with van der Waals surface area (Å²) in [5, 5.41) is 22.3. The van der Waals surface area contributed by atoms with Gasteiger partial charge in [0.25, 0.3) is 5.91 Å². The highest BCUT2D eigenvalue weighted by Gasteiger charge is 2.27. The third-order valence-corrected chi connectivity index (χ3v) is 7.27. The Kier molecular flexibility index (Phi) is 7.86. The second-order valence-corrected chi connectivity index (χ2v) is 9.77. The number of halogens is 1. The Bertz CT molecular complexity index is 1730. The minimum absolute atomic E-state index is 0.0423. The molecule has 0 bridgehead atoms. The quantitative estimate of drug-likeness (QED) is 0.238. The van der Waals surface area contributed by atoms with Gasteiger partial charge in [0.05, 0.1) is 37.4 Å². The van der Waals surface area contributed by atoms with Crippen molar-refractivity contribution in [2.24, 2.45) is 0 Å². The number of hydrogen-bond donors (Lipinski definition) is 3. The van der Waals surface area contributed by atoms with E-state index in [0.29, 0.717) is 51.9 Å². The first kappa shape index (κ1) is 28.0. The van der Waals surface area contributed by atoms with E-state index in [1.54, 1.807) is 41.1 Å². The van der Waals surface area contributed by atoms with E-state index in [9.17, 15) is 9.90 Å². The Labute approximate surface area is 241 Å². The van der Waals surface area contributed by atoms with Crippen molar-refractivity contribution in [2.75, 3.05) is 26.0 Å². The minimum atomic E-state index is -0.399. The molecule has 4 heterocycles. The molecule has 4 N–H and O–H groups in total. The Morgan fingerprint density at radius 2 is 2.02 bits per heavy atom. The number of hydrogen-bond acceptors (Lipinski definition) is 9. The van der Waals surface area contributed by atoms with Crippen molar-refractivity contribution in [1.82, 2.24) is 39.8 Å². The van der Waals surface area contributed by atoms with Gasteiger partial charge in [0.15, 0.2) is 5.65 Å². The number of carbonyl (C=O) groups excluding carboxylic acids is 1. The van der Waals surface area contributed by atoms with Crippen LogP contribution in [0, 0.1) is 6.92 Å². The average molecular weight is 576 g/mol. The third-order valence-electron chi connectivity index (χ3n) is 6.88. The predicted octanol–water partition coefficient (Wildman–Crippen LogP) is 3.66. The van der Waals surface area contributed by atoms with Crippen molar-refractivity contribution in [1.29, 1.82) is 0 Å². The van der Waals surface area contributed by atoms with Gasteiger partial charge in [-0.05, 0) is 38.5 Å². The fourth-order valence-electron chi connectivity index (χ4n) is 4.82. The van der Waals surface area contributed by atoms with Crippen molar-refractivity contribution in [3.8, 4) is 28.1 Å². The molecule has 1 unspecified atom stereocenters. The number of ether oxygens (including phenoxy) is 1. The number of carbonyl (C=O) groups is 1. The fraction of sp³-hybridized carbons (Fsp3) is 0.286. The molecule has 1 amide bonds. The van der Waals surface area contributed by atoms with Crippen LogP contribution in [-0.2, 0) is 6.54 Å². The number of nitrogens with one attached hydrogen (secondary N) is 1. The summed E-state index contributed by atoms with van der Waals surface area (Å²) in [5.74, 6) is 0.635. The van der Waals surface area contributed by atoms with E-state index in [4.69, 9.17) is 27.2 Å². The monoisotopic (exact) mass is 575 g/mol. The summed E-state index contributed by atoms with van der Waals surface area (Å²) in [6.45, 7) is 6.52. The van der Waals surface area contributed by atoms with Crippen molar-refractivity contribution >= 4 is 34.4 Å². The van der Waals surface area contributed by atoms with Gasteiger partial charge in [-0.2, -0.15) is 10.2 Å². The van der Waals surface area contributed by atoms with E-state index in [1.807, 2.05) is 32.9 Å². The highest BCUT2D eigenvalue weighted by Crippen LogP contribution is 2.44. The van der Waals surface area contributed by atoms with E-state index in [2.05, 4.69) is 25.4 Å². The maximum Gasteiger partial charge on any atom is 0.269 e. The Balaban J connectivity index is 1.69. The number of pyridine rings is 1. The average Bonchev–Trinajstić information content (AvgIpc) is 3.60. The van der Waals surface area contributed by atoms with Gasteiger partial charge in [-0.25, -0.2) is 14.6 Å². The van der Waals surface area contributed by atoms with Crippen LogP contribution in [0.5, 0.6) is 5.75 Å². The van der Waals surface area contributed by atoms with E-state index in [1.165, 1.54) is 6.33 Å². The summed E-state index contributed by atoms with van der Waals surface area (Å²) in [7, 11) is 1.56. The molecule has 212 valence electrons. The van der Waals surface area contributed by atoms with Gasteiger partial charge in [0.2, 0.25) is 0 Å². The van der Waals surface area contributed by atoms with Gasteiger partial charge in [0.1, 0.15) is 29.3 Å². The molecule has 41 heavy (non-hydrogen) atoms. The van der Waals surface area contributed by atoms with Gasteiger partial charge in [-0.1, -0.05) is 17.7 Å². The molecule has 5 aromatic rings. The normalized spacial score (nSPS) is 12.0. The molecule has 0 saturated heterocycles. The number of aliphatic hydroxyl groups excluding tert-OH is 1. The van der Waals surface area contributed by atoms with Crippen LogP contribution in [0.15, 0.2) is 43.1 Å². The number of anilines is 1. The molecule has 0 aliphatic heterocycles. The number of aliphatic hydroxyl groups is 1. The Morgan fingerprint density at radius 3 is 2.71 bits per heavy atom. The first-order valence-electron chi connectivity index (χ1n) is 13.1. The molecule has 0 spiro atoms. The van der Waals surface area contributed by atoms with Gasteiger partial charge in [0, 0.05) is 46.7 Å². The van der Waals surface area contributed by atoms with Gasteiger partial charge < -0.3 is 20.9 Å². The highest BCUT2D eigenvalue weighted by atomic mass is 35.5. The number of rotatable bonds is 9. The number of amides is 1. The molecule has 1 atom stereocenters. The molecule has 0 radical (unpaired) electrons. The first-order chi connectivity index (χ1) is 19.8. The first-order valence-corrected chi connectivity index (χ1v) is 13.4. The van der Waals surface area contributed by atoms with E-state index >= 15 is 0 Å². The van der Waals surface area contributed by atoms with Crippen molar-refractivity contribution in [2.45, 2.75) is 33.4 Å². The zero-order valence-electron chi connectivity index (χ0n) is 23.1. The SMILES string of the molecule is CCOc1c(C(C)n2nc(-c3cnn(CCO)c3)c3c(N)ncnc32)cc(Cl)c(C)c1-c1ccc(C(=O)NC)nc1. The molecule has 0 saturated carbocycles. The van der Waals surface area contributed by atoms with Crippen LogP contribution >= 0.6 is 11.6 Å². The number of nitrogens with zero attached hydrogens (tertiary/aromatic N) is 7. The molecule has 12 nitrogen and oxygen atoms in total. The standard InChI is InChI=1S/C28H30ClN9O3/c1-5-41-25-19(10-20(29)15(2)22(25)17-6-7-21(32-11-17)28(40)31-4)16(3)38-27-23(26(30)33-14-34-27)24(36-38)18-12-35-37(13-18)8-9-39/h6-7,10-14,16,39H,5,8-9H2,1-4H3,(H,31,40)(H2,30,33,34). The number of fused-ring (bicyclic) bond motifs is 1. The van der Waals surface area contributed by atoms with E-state index < -0.39 is 6.04 Å². The summed E-state index contributed by atoms with van der Waals surface area (Å²) in [6.07, 6.45) is 6.50. The lowest BCUT2D eigenvalue weighted by molar-refractivity contribution is 0.0958. The maximum atomic E-state index is 12.1. The van der Waals surface area contributed by atoms with Crippen LogP contribution in [0.1, 0.15) is 41.5 Å². The molecule has 1 aromatic carbocycles. The number of benzene rings is 1. The molecular formula is C28H30ClN9O3. The molecule has 0 aliphatic carbocycles. The lowest BCUT2D eigenvalue weighted by Gasteiger charge is -2.23. The molecule has 13 heteroatoms. The van der Waals surface area contributed by atoms with Crippen LogP contribution in [0.25, 0.3) is 33.4 Å². The summed E-state index contributed by atoms with van der Waals surface area (Å²) in [4.78, 5) is 25.1. The van der Waals surface area contributed by atoms with Gasteiger partial charge in [-0.15, -0.1) is 0 Å². The van der Waals surface area contributed by atoms with Crippen molar-refractivity contribution in [3.63, 3.8) is 0 Å². The molecular weight excluding hydrogens is 546 g/mol. The van der Waals surface area contributed by atoms with Crippen LogP contribution in [0.2, 0.25) is 5.02 Å². The van der Waals surface area contributed by atoms with Crippen LogP contribution in [0.4, 0.5) is 5.82 Å². The van der Waals surface area contributed by atoms with Gasteiger partial charge >= 0.3 is 0 Å². The van der Waals surface area contributed by atoms with Crippen LogP contribution in [-0.4, -0.2) is 65.8 Å². The zero-order valence-corrected chi connectivity index (χ0v) is 23.8. The molecule has 0 aliphatic rings. The third kappa shape index (κ3) is 5.07. The highest BCUT2D eigenvalue weighted by molar-refractivity contribution is 6.32. The van der Waals surface area contributed by atoms with Gasteiger partial charge in [-0.3, -0.25) is 14.5 Å².